The maximum absolute atomic E-state index is 11.2. The van der Waals surface area contributed by atoms with Crippen molar-refractivity contribution in [3.8, 4) is 0 Å². The van der Waals surface area contributed by atoms with Gasteiger partial charge in [-0.05, 0) is 46.7 Å². The molecule has 0 aromatic heterocycles. The van der Waals surface area contributed by atoms with Crippen LogP contribution in [0.25, 0.3) is 0 Å². The molecule has 138 valence electrons. The topological polar surface area (TPSA) is 66.8 Å². The number of benzene rings is 1. The first-order valence-electron chi connectivity index (χ1n) is 8.92. The monoisotopic (exact) mass is 468 g/mol. The lowest BCUT2D eigenvalue weighted by molar-refractivity contribution is 0.125. The van der Waals surface area contributed by atoms with E-state index >= 15 is 0 Å². The molecule has 24 heavy (non-hydrogen) atoms. The SMILES string of the molecule is CCCCCCCCCCCC(OP(=O)(O)O)c1cccc(I)c1. The Hall–Kier alpha value is 0.0600. The van der Waals surface area contributed by atoms with Crippen molar-refractivity contribution in [2.45, 2.75) is 77.2 Å². The molecule has 1 aromatic rings. The van der Waals surface area contributed by atoms with Crippen LogP contribution >= 0.6 is 30.4 Å². The molecule has 0 saturated heterocycles. The number of hydrogen-bond donors (Lipinski definition) is 2. The molecular weight excluding hydrogens is 438 g/mol. The van der Waals surface area contributed by atoms with E-state index in [0.29, 0.717) is 6.42 Å². The van der Waals surface area contributed by atoms with Crippen LogP contribution in [0.1, 0.15) is 82.8 Å². The van der Waals surface area contributed by atoms with Crippen molar-refractivity contribution in [2.75, 3.05) is 0 Å². The molecule has 0 spiro atoms. The molecule has 0 aliphatic carbocycles. The highest BCUT2D eigenvalue weighted by Crippen LogP contribution is 2.44. The Bertz CT molecular complexity index is 504. The van der Waals surface area contributed by atoms with Gasteiger partial charge in [-0.3, -0.25) is 4.52 Å². The fourth-order valence-electron chi connectivity index (χ4n) is 2.79. The van der Waals surface area contributed by atoms with Gasteiger partial charge in [0.2, 0.25) is 0 Å². The second-order valence-corrected chi connectivity index (χ2v) is 8.69. The molecule has 1 aromatic carbocycles. The molecule has 0 saturated carbocycles. The van der Waals surface area contributed by atoms with Crippen LogP contribution in [-0.2, 0) is 9.09 Å². The minimum absolute atomic E-state index is 0.537. The Balaban J connectivity index is 2.34. The average molecular weight is 468 g/mol. The maximum Gasteiger partial charge on any atom is 0.470 e. The van der Waals surface area contributed by atoms with E-state index in [1.165, 1.54) is 44.9 Å². The van der Waals surface area contributed by atoms with E-state index in [1.807, 2.05) is 24.3 Å². The Kier molecular flexibility index (Phi) is 11.4. The van der Waals surface area contributed by atoms with Gasteiger partial charge in [0.1, 0.15) is 0 Å². The molecule has 1 rings (SSSR count). The molecule has 0 aliphatic rings. The van der Waals surface area contributed by atoms with Gasteiger partial charge in [0, 0.05) is 3.57 Å². The Labute approximate surface area is 159 Å². The first-order chi connectivity index (χ1) is 11.4. The molecule has 0 fully saturated rings. The largest absolute Gasteiger partial charge is 0.470 e. The summed E-state index contributed by atoms with van der Waals surface area (Å²) in [5.41, 5.74) is 0.838. The Morgan fingerprint density at radius 3 is 2.17 bits per heavy atom. The van der Waals surface area contributed by atoms with Gasteiger partial charge in [-0.1, -0.05) is 76.8 Å². The second-order valence-electron chi connectivity index (χ2n) is 6.26. The zero-order chi connectivity index (χ0) is 17.8. The Morgan fingerprint density at radius 1 is 1.04 bits per heavy atom. The van der Waals surface area contributed by atoms with E-state index in [2.05, 4.69) is 29.5 Å². The summed E-state index contributed by atoms with van der Waals surface area (Å²) in [6.45, 7) is 2.23. The van der Waals surface area contributed by atoms with E-state index < -0.39 is 13.9 Å². The molecule has 2 N–H and O–H groups in total. The molecule has 4 nitrogen and oxygen atoms in total. The van der Waals surface area contributed by atoms with Crippen molar-refractivity contribution in [3.05, 3.63) is 33.4 Å². The fraction of sp³-hybridized carbons (Fsp3) is 0.667. The summed E-state index contributed by atoms with van der Waals surface area (Å²) in [7, 11) is -4.48. The number of phosphoric acid groups is 1. The normalized spacial score (nSPS) is 13.2. The summed E-state index contributed by atoms with van der Waals surface area (Å²) in [5, 5.41) is 0. The summed E-state index contributed by atoms with van der Waals surface area (Å²) in [6.07, 6.45) is 11.1. The molecule has 1 unspecified atom stereocenters. The van der Waals surface area contributed by atoms with Crippen molar-refractivity contribution in [1.82, 2.24) is 0 Å². The second kappa shape index (κ2) is 12.4. The molecule has 0 heterocycles. The summed E-state index contributed by atoms with van der Waals surface area (Å²) in [4.78, 5) is 18.3. The highest BCUT2D eigenvalue weighted by atomic mass is 127. The van der Waals surface area contributed by atoms with Gasteiger partial charge in [0.15, 0.2) is 0 Å². The van der Waals surface area contributed by atoms with Gasteiger partial charge in [-0.15, -0.1) is 0 Å². The highest BCUT2D eigenvalue weighted by molar-refractivity contribution is 14.1. The van der Waals surface area contributed by atoms with E-state index in [4.69, 9.17) is 14.3 Å². The third kappa shape index (κ3) is 10.8. The minimum atomic E-state index is -4.48. The van der Waals surface area contributed by atoms with E-state index in [-0.39, 0.29) is 0 Å². The average Bonchev–Trinajstić information content (AvgIpc) is 2.51. The van der Waals surface area contributed by atoms with Crippen molar-refractivity contribution in [2.24, 2.45) is 0 Å². The predicted octanol–water partition coefficient (Wildman–Crippen LogP) is 6.36. The van der Waals surface area contributed by atoms with E-state index in [9.17, 15) is 4.57 Å². The highest BCUT2D eigenvalue weighted by Gasteiger charge is 2.23. The van der Waals surface area contributed by atoms with Gasteiger partial charge in [-0.2, -0.15) is 0 Å². The molecule has 0 radical (unpaired) electrons. The van der Waals surface area contributed by atoms with Gasteiger partial charge in [0.05, 0.1) is 6.10 Å². The van der Waals surface area contributed by atoms with Crippen LogP contribution in [-0.4, -0.2) is 9.79 Å². The molecule has 0 amide bonds. The number of unbranched alkanes of at least 4 members (excludes halogenated alkanes) is 8. The maximum atomic E-state index is 11.2. The quantitative estimate of drug-likeness (QED) is 0.201. The number of rotatable bonds is 13. The van der Waals surface area contributed by atoms with Crippen molar-refractivity contribution in [1.29, 1.82) is 0 Å². The van der Waals surface area contributed by atoms with Crippen LogP contribution < -0.4 is 0 Å². The first kappa shape index (κ1) is 22.1. The van der Waals surface area contributed by atoms with E-state index in [1.54, 1.807) is 0 Å². The summed E-state index contributed by atoms with van der Waals surface area (Å²) in [5.74, 6) is 0. The van der Waals surface area contributed by atoms with Gasteiger partial charge < -0.3 is 9.79 Å². The molecule has 6 heteroatoms. The van der Waals surface area contributed by atoms with Crippen LogP contribution in [0.2, 0.25) is 0 Å². The van der Waals surface area contributed by atoms with Gasteiger partial charge in [0.25, 0.3) is 0 Å². The zero-order valence-corrected chi connectivity index (χ0v) is 17.5. The van der Waals surface area contributed by atoms with Crippen molar-refractivity contribution < 1.29 is 18.9 Å². The van der Waals surface area contributed by atoms with Crippen LogP contribution in [0.5, 0.6) is 0 Å². The number of halogens is 1. The first-order valence-corrected chi connectivity index (χ1v) is 11.5. The standard InChI is InChI=1S/C18H30IO4P/c1-2-3-4-5-6-7-8-9-10-14-18(23-24(20,21)22)16-12-11-13-17(19)15-16/h11-13,15,18H,2-10,14H2,1H3,(H2,20,21,22). The van der Waals surface area contributed by atoms with Gasteiger partial charge in [-0.25, -0.2) is 4.57 Å². The smallest absolute Gasteiger partial charge is 0.303 e. The molecule has 0 aliphatic heterocycles. The third-order valence-corrected chi connectivity index (χ3v) is 5.25. The lowest BCUT2D eigenvalue weighted by Gasteiger charge is -2.19. The number of phosphoric ester groups is 1. The summed E-state index contributed by atoms with van der Waals surface area (Å²) >= 11 is 2.20. The zero-order valence-electron chi connectivity index (χ0n) is 14.5. The lowest BCUT2D eigenvalue weighted by Crippen LogP contribution is -2.03. The molecule has 1 atom stereocenters. The van der Waals surface area contributed by atoms with E-state index in [0.717, 1.165) is 22.0 Å². The summed E-state index contributed by atoms with van der Waals surface area (Å²) in [6, 6.07) is 7.64. The fourth-order valence-corrected chi connectivity index (χ4v) is 3.92. The number of hydrogen-bond acceptors (Lipinski definition) is 2. The summed E-state index contributed by atoms with van der Waals surface area (Å²) < 4.78 is 17.3. The predicted molar refractivity (Wildman–Crippen MR) is 107 cm³/mol. The van der Waals surface area contributed by atoms with Crippen molar-refractivity contribution in [3.63, 3.8) is 0 Å². The van der Waals surface area contributed by atoms with Crippen molar-refractivity contribution >= 4 is 30.4 Å². The van der Waals surface area contributed by atoms with Crippen LogP contribution in [0, 0.1) is 3.57 Å². The third-order valence-electron chi connectivity index (χ3n) is 4.05. The minimum Gasteiger partial charge on any atom is -0.303 e. The molecule has 0 bridgehead atoms. The Morgan fingerprint density at radius 2 is 1.62 bits per heavy atom. The van der Waals surface area contributed by atoms with Crippen LogP contribution in [0.3, 0.4) is 0 Å². The molecular formula is C18H30IO4P. The van der Waals surface area contributed by atoms with Crippen LogP contribution in [0.4, 0.5) is 0 Å². The van der Waals surface area contributed by atoms with Gasteiger partial charge >= 0.3 is 7.82 Å². The lowest BCUT2D eigenvalue weighted by atomic mass is 10.0. The van der Waals surface area contributed by atoms with Crippen LogP contribution in [0.15, 0.2) is 24.3 Å².